The number of alkyl halides is 7. The van der Waals surface area contributed by atoms with E-state index in [-0.39, 0.29) is 86.5 Å². The average molecular weight is 691 g/mol. The molecule has 4 aromatic rings. The fraction of sp³-hybridized carbons (Fsp3) is 0.200. The summed E-state index contributed by atoms with van der Waals surface area (Å²) in [5, 5.41) is 9.03. The third-order valence-corrected chi connectivity index (χ3v) is 6.12. The molecule has 0 heterocycles. The quantitative estimate of drug-likeness (QED) is 0.137. The van der Waals surface area contributed by atoms with Crippen LogP contribution in [0.1, 0.15) is 12.6 Å². The smallest absolute Gasteiger partial charge is 1.00 e. The summed E-state index contributed by atoms with van der Waals surface area (Å²) in [6, 6.07) is 15.1. The molecule has 0 bridgehead atoms. The van der Waals surface area contributed by atoms with Crippen molar-refractivity contribution in [2.45, 2.75) is 25.2 Å². The molecular weight excluding hydrogens is 667 g/mol. The summed E-state index contributed by atoms with van der Waals surface area (Å²) in [5.41, 5.74) is 0.357. The van der Waals surface area contributed by atoms with Gasteiger partial charge in [0, 0.05) is 28.1 Å². The summed E-state index contributed by atoms with van der Waals surface area (Å²) in [6.07, 6.45) is -9.83. The molecular formula is C30H24ClF8KO5. The van der Waals surface area contributed by atoms with Crippen LogP contribution in [0.25, 0.3) is 22.3 Å². The Balaban J connectivity index is 0.000000441. The molecule has 0 spiro atoms. The van der Waals surface area contributed by atoms with Crippen LogP contribution in [-0.2, 0) is 12.5 Å². The number of hydrogen-bond donors (Lipinski definition) is 1. The number of halogens is 9. The molecule has 0 aliphatic heterocycles. The minimum Gasteiger partial charge on any atom is -1.00 e. The van der Waals surface area contributed by atoms with Crippen molar-refractivity contribution in [3.8, 4) is 45.3 Å². The van der Waals surface area contributed by atoms with Gasteiger partial charge in [-0.15, -0.1) is 37.9 Å². The van der Waals surface area contributed by atoms with Crippen molar-refractivity contribution in [3.63, 3.8) is 0 Å². The minimum absolute atomic E-state index is 0. The zero-order chi connectivity index (χ0) is 32.7. The second kappa shape index (κ2) is 16.8. The van der Waals surface area contributed by atoms with Crippen LogP contribution in [0.2, 0.25) is 0 Å². The Hall–Kier alpha value is -2.59. The largest absolute Gasteiger partial charge is 1.00 e. The van der Waals surface area contributed by atoms with Gasteiger partial charge in [0.15, 0.2) is 0 Å². The fourth-order valence-electron chi connectivity index (χ4n) is 3.85. The van der Waals surface area contributed by atoms with E-state index in [0.29, 0.717) is 17.1 Å². The van der Waals surface area contributed by atoms with Crippen LogP contribution in [0.3, 0.4) is 0 Å². The average Bonchev–Trinajstić information content (AvgIpc) is 2.96. The molecule has 45 heavy (non-hydrogen) atoms. The Labute approximate surface area is 301 Å². The van der Waals surface area contributed by atoms with Crippen molar-refractivity contribution < 1.29 is 112 Å². The number of aliphatic hydroxyl groups is 1. The van der Waals surface area contributed by atoms with Crippen LogP contribution in [0.4, 0.5) is 35.1 Å². The van der Waals surface area contributed by atoms with Gasteiger partial charge in [0.05, 0.1) is 20.8 Å². The zero-order valence-corrected chi connectivity index (χ0v) is 27.7. The fourth-order valence-corrected chi connectivity index (χ4v) is 4.02. The van der Waals surface area contributed by atoms with E-state index in [1.807, 2.05) is 0 Å². The van der Waals surface area contributed by atoms with E-state index in [4.69, 9.17) is 26.2 Å². The first-order chi connectivity index (χ1) is 20.7. The molecule has 0 radical (unpaired) electrons. The first-order valence-corrected chi connectivity index (χ1v) is 12.8. The number of rotatable bonds is 8. The van der Waals surface area contributed by atoms with Crippen molar-refractivity contribution in [1.82, 2.24) is 0 Å². The summed E-state index contributed by atoms with van der Waals surface area (Å²) in [5.74, 6) is -1.90. The molecule has 0 unspecified atom stereocenters. The predicted octanol–water partition coefficient (Wildman–Crippen LogP) is 6.15. The molecule has 0 aromatic heterocycles. The van der Waals surface area contributed by atoms with Crippen molar-refractivity contribution >= 4 is 11.6 Å². The second-order valence-electron chi connectivity index (χ2n) is 8.74. The number of aliphatic hydroxyl groups excluding tert-OH is 1. The van der Waals surface area contributed by atoms with Gasteiger partial charge in [-0.2, -0.15) is 0 Å². The molecule has 4 rings (SSSR count). The molecule has 0 aliphatic carbocycles. The molecule has 5 nitrogen and oxygen atoms in total. The summed E-state index contributed by atoms with van der Waals surface area (Å²) >= 11 is 5.62. The van der Waals surface area contributed by atoms with Gasteiger partial charge in [-0.3, -0.25) is 0 Å². The number of methoxy groups -OCH3 is 2. The first kappa shape index (κ1) is 38.6. The van der Waals surface area contributed by atoms with Crippen molar-refractivity contribution in [2.75, 3.05) is 14.2 Å². The van der Waals surface area contributed by atoms with Crippen LogP contribution < -0.4 is 70.3 Å². The Bertz CT molecular complexity index is 1470. The van der Waals surface area contributed by atoms with E-state index in [1.165, 1.54) is 62.8 Å². The van der Waals surface area contributed by atoms with Crippen LogP contribution in [0, 0.1) is 11.6 Å². The van der Waals surface area contributed by atoms with Gasteiger partial charge in [0.1, 0.15) is 34.6 Å². The Morgan fingerprint density at radius 3 is 1.38 bits per heavy atom. The predicted molar refractivity (Wildman–Crippen MR) is 147 cm³/mol. The summed E-state index contributed by atoms with van der Waals surface area (Å²) in [4.78, 5) is 0. The van der Waals surface area contributed by atoms with E-state index < -0.39 is 42.5 Å². The van der Waals surface area contributed by atoms with E-state index >= 15 is 0 Å². The molecule has 0 aliphatic rings. The third-order valence-electron chi connectivity index (χ3n) is 5.81. The van der Waals surface area contributed by atoms with Gasteiger partial charge in [-0.05, 0) is 59.7 Å². The Morgan fingerprint density at radius 2 is 1.02 bits per heavy atom. The molecule has 0 saturated carbocycles. The number of benzene rings is 4. The monoisotopic (exact) mass is 690 g/mol. The molecule has 4 aromatic carbocycles. The second-order valence-corrected chi connectivity index (χ2v) is 9.01. The van der Waals surface area contributed by atoms with E-state index in [2.05, 4.69) is 9.47 Å². The van der Waals surface area contributed by atoms with Gasteiger partial charge in [-0.1, -0.05) is 24.3 Å². The first-order valence-electron chi connectivity index (χ1n) is 12.3. The van der Waals surface area contributed by atoms with Crippen LogP contribution in [-0.4, -0.2) is 32.1 Å². The van der Waals surface area contributed by atoms with Crippen molar-refractivity contribution in [2.24, 2.45) is 0 Å². The van der Waals surface area contributed by atoms with Gasteiger partial charge in [0.2, 0.25) is 0 Å². The van der Waals surface area contributed by atoms with Crippen molar-refractivity contribution in [1.29, 1.82) is 0 Å². The van der Waals surface area contributed by atoms with E-state index in [9.17, 15) is 35.1 Å². The molecule has 1 N–H and O–H groups in total. The van der Waals surface area contributed by atoms with E-state index in [0.717, 1.165) is 24.3 Å². The van der Waals surface area contributed by atoms with Gasteiger partial charge in [0.25, 0.3) is 0 Å². The number of ether oxygens (including phenoxy) is 4. The molecule has 0 atom stereocenters. The molecule has 0 amide bonds. The summed E-state index contributed by atoms with van der Waals surface area (Å²) in [7, 11) is 2.74. The zero-order valence-electron chi connectivity index (χ0n) is 24.8. The van der Waals surface area contributed by atoms with Crippen LogP contribution >= 0.6 is 11.6 Å². The Kier molecular flexibility index (Phi) is 14.4. The maximum Gasteiger partial charge on any atom is 1.00 e. The summed E-state index contributed by atoms with van der Waals surface area (Å²) < 4.78 is 121. The van der Waals surface area contributed by atoms with Crippen molar-refractivity contribution in [3.05, 3.63) is 95.6 Å². The van der Waals surface area contributed by atoms with Gasteiger partial charge in [-0.25, -0.2) is 8.78 Å². The summed E-state index contributed by atoms with van der Waals surface area (Å²) in [6.45, 7) is -0.463. The minimum atomic E-state index is -4.93. The maximum absolute atomic E-state index is 14.0. The molecule has 15 heteroatoms. The SMILES string of the molecule is COc1ccc(F)c(-c2ccc(CCl)cc2OC(F)(F)F)c1.COc1ccc(F)c(-c2ccc(CO)cc2OC(F)(F)F)c1.[H-].[K+]. The standard InChI is InChI=1S/C15H11ClF4O2.C15H12F4O3.K.H/c1-21-10-3-5-13(17)12(7-10)11-4-2-9(8-16)6-14(11)22-15(18,19)20;1-21-10-3-5-13(16)12(7-10)11-4-2-9(8-20)6-14(11)22-15(17,18)19;;/h2-7H,8H2,1H3;2-7,20H,8H2,1H3;;/q;;+1;-1. The number of hydrogen-bond acceptors (Lipinski definition) is 5. The Morgan fingerprint density at radius 1 is 0.622 bits per heavy atom. The topological polar surface area (TPSA) is 57.2 Å². The molecule has 238 valence electrons. The van der Waals surface area contributed by atoms with Gasteiger partial charge >= 0.3 is 64.1 Å². The molecule has 0 saturated heterocycles. The normalized spacial score (nSPS) is 11.1. The van der Waals surface area contributed by atoms with Crippen LogP contribution in [0.5, 0.6) is 23.0 Å². The van der Waals surface area contributed by atoms with E-state index in [1.54, 1.807) is 0 Å². The van der Waals surface area contributed by atoms with Gasteiger partial charge < -0.3 is 25.5 Å². The van der Waals surface area contributed by atoms with Crippen LogP contribution in [0.15, 0.2) is 72.8 Å². The third kappa shape index (κ3) is 11.3. The molecule has 0 fully saturated rings. The maximum atomic E-state index is 14.0.